The van der Waals surface area contributed by atoms with E-state index in [4.69, 9.17) is 4.74 Å². The average molecular weight is 182 g/mol. The van der Waals surface area contributed by atoms with Crippen molar-refractivity contribution in [3.05, 3.63) is 25.3 Å². The van der Waals surface area contributed by atoms with Gasteiger partial charge in [0, 0.05) is 0 Å². The summed E-state index contributed by atoms with van der Waals surface area (Å²) < 4.78 is 5.29. The van der Waals surface area contributed by atoms with Gasteiger partial charge in [-0.25, -0.2) is 0 Å². The van der Waals surface area contributed by atoms with E-state index in [1.807, 2.05) is 12.2 Å². The maximum Gasteiger partial charge on any atom is 0.163 e. The van der Waals surface area contributed by atoms with Crippen LogP contribution in [0.4, 0.5) is 0 Å². The third kappa shape index (κ3) is 3.30. The highest BCUT2D eigenvalue weighted by Crippen LogP contribution is 2.00. The van der Waals surface area contributed by atoms with Gasteiger partial charge in [0.15, 0.2) is 13.1 Å². The van der Waals surface area contributed by atoms with Gasteiger partial charge in [0.2, 0.25) is 0 Å². The van der Waals surface area contributed by atoms with Crippen LogP contribution < -0.4 is 5.01 Å². The molecular formula is C10H18N2O+. The summed E-state index contributed by atoms with van der Waals surface area (Å²) in [7, 11) is 0. The molecule has 1 aliphatic heterocycles. The topological polar surface area (TPSA) is 18.4 Å². The smallest absolute Gasteiger partial charge is 0.163 e. The minimum absolute atomic E-state index is 0.824. The van der Waals surface area contributed by atoms with E-state index in [0.29, 0.717) is 0 Å². The van der Waals surface area contributed by atoms with E-state index in [2.05, 4.69) is 23.2 Å². The lowest BCUT2D eigenvalue weighted by atomic mass is 10.4. The van der Waals surface area contributed by atoms with Crippen LogP contribution in [-0.4, -0.2) is 44.4 Å². The summed E-state index contributed by atoms with van der Waals surface area (Å²) in [5.74, 6) is 0. The van der Waals surface area contributed by atoms with Crippen LogP contribution in [0, 0.1) is 0 Å². The molecule has 13 heavy (non-hydrogen) atoms. The molecular weight excluding hydrogens is 164 g/mol. The summed E-state index contributed by atoms with van der Waals surface area (Å²) in [5, 5.41) is 4.54. The fourth-order valence-corrected chi connectivity index (χ4v) is 1.44. The Balaban J connectivity index is 2.40. The second-order valence-electron chi connectivity index (χ2n) is 3.01. The molecule has 3 nitrogen and oxygen atoms in total. The minimum Gasteiger partial charge on any atom is -0.378 e. The molecule has 1 heterocycles. The van der Waals surface area contributed by atoms with Crippen LogP contribution in [0.5, 0.6) is 0 Å². The summed E-state index contributed by atoms with van der Waals surface area (Å²) >= 11 is 0. The molecule has 0 saturated carbocycles. The van der Waals surface area contributed by atoms with Gasteiger partial charge >= 0.3 is 0 Å². The van der Waals surface area contributed by atoms with E-state index >= 15 is 0 Å². The summed E-state index contributed by atoms with van der Waals surface area (Å²) in [6.07, 6.45) is 3.83. The zero-order valence-electron chi connectivity index (χ0n) is 8.11. The number of hydrazine groups is 1. The monoisotopic (exact) mass is 182 g/mol. The van der Waals surface area contributed by atoms with Gasteiger partial charge in [-0.05, 0) is 12.2 Å². The van der Waals surface area contributed by atoms with Crippen molar-refractivity contribution in [2.24, 2.45) is 0 Å². The van der Waals surface area contributed by atoms with Crippen LogP contribution in [0.15, 0.2) is 25.3 Å². The van der Waals surface area contributed by atoms with E-state index in [1.165, 1.54) is 0 Å². The molecule has 0 amide bonds. The molecule has 1 fully saturated rings. The maximum atomic E-state index is 5.29. The second kappa shape index (κ2) is 5.91. The third-order valence-corrected chi connectivity index (χ3v) is 2.07. The fourth-order valence-electron chi connectivity index (χ4n) is 1.44. The quantitative estimate of drug-likeness (QED) is 0.461. The molecule has 0 aromatic carbocycles. The third-order valence-electron chi connectivity index (χ3n) is 2.07. The minimum atomic E-state index is 0.824. The number of ether oxygens (including phenoxy) is 1. The fraction of sp³-hybridized carbons (Fsp3) is 0.600. The first-order valence-electron chi connectivity index (χ1n) is 4.68. The molecule has 1 aliphatic rings. The van der Waals surface area contributed by atoms with Crippen LogP contribution in [0.1, 0.15) is 0 Å². The number of nitrogens with zero attached hydrogens (tertiary/aromatic N) is 2. The summed E-state index contributed by atoms with van der Waals surface area (Å²) in [4.78, 5) is 0. The SMILES string of the molecule is C=CC[N+](CC=C)N1CCOCC1. The van der Waals surface area contributed by atoms with Gasteiger partial charge in [0.05, 0.1) is 26.3 Å². The van der Waals surface area contributed by atoms with Crippen molar-refractivity contribution >= 4 is 0 Å². The maximum absolute atomic E-state index is 5.29. The van der Waals surface area contributed by atoms with Crippen molar-refractivity contribution in [3.63, 3.8) is 0 Å². The molecule has 0 aliphatic carbocycles. The second-order valence-corrected chi connectivity index (χ2v) is 3.01. The molecule has 0 aromatic rings. The van der Waals surface area contributed by atoms with Crippen LogP contribution >= 0.6 is 0 Å². The van der Waals surface area contributed by atoms with E-state index in [0.717, 1.165) is 39.4 Å². The molecule has 0 unspecified atom stereocenters. The zero-order valence-corrected chi connectivity index (χ0v) is 8.11. The lowest BCUT2D eigenvalue weighted by molar-refractivity contribution is -0.0276. The Labute approximate surface area is 80.2 Å². The molecule has 0 atom stereocenters. The van der Waals surface area contributed by atoms with Gasteiger partial charge in [-0.1, -0.05) is 18.2 Å². The lowest BCUT2D eigenvalue weighted by Gasteiger charge is -2.26. The first-order chi connectivity index (χ1) is 6.38. The Hall–Kier alpha value is -0.640. The Morgan fingerprint density at radius 2 is 1.69 bits per heavy atom. The Morgan fingerprint density at radius 3 is 2.15 bits per heavy atom. The van der Waals surface area contributed by atoms with Gasteiger partial charge in [-0.15, -0.1) is 5.01 Å². The van der Waals surface area contributed by atoms with Gasteiger partial charge in [0.25, 0.3) is 0 Å². The van der Waals surface area contributed by atoms with Gasteiger partial charge in [-0.3, -0.25) is 0 Å². The molecule has 0 aromatic heterocycles. The molecule has 1 saturated heterocycles. The van der Waals surface area contributed by atoms with E-state index in [-0.39, 0.29) is 0 Å². The molecule has 0 N–H and O–H groups in total. The highest BCUT2D eigenvalue weighted by molar-refractivity contribution is 4.83. The summed E-state index contributed by atoms with van der Waals surface area (Å²) in [6.45, 7) is 12.8. The van der Waals surface area contributed by atoms with Crippen LogP contribution in [-0.2, 0) is 4.74 Å². The standard InChI is InChI=1S/C10H18N2O/c1-3-5-11(6-4-2)12-7-9-13-10-8-12/h3-4H,1-2,5-10H2/q+1. The zero-order chi connectivity index (χ0) is 9.52. The Bertz CT molecular complexity index is 154. The average Bonchev–Trinajstić information content (AvgIpc) is 2.19. The first kappa shape index (κ1) is 10.4. The van der Waals surface area contributed by atoms with Crippen LogP contribution in [0.2, 0.25) is 0 Å². The number of hydrogen-bond acceptors (Lipinski definition) is 3. The predicted molar refractivity (Wildman–Crippen MR) is 54.7 cm³/mol. The highest BCUT2D eigenvalue weighted by atomic mass is 16.5. The van der Waals surface area contributed by atoms with E-state index in [9.17, 15) is 0 Å². The van der Waals surface area contributed by atoms with Gasteiger partial charge in [-0.2, -0.15) is 0 Å². The first-order valence-corrected chi connectivity index (χ1v) is 4.68. The predicted octanol–water partition coefficient (Wildman–Crippen LogP) is 0.746. The van der Waals surface area contributed by atoms with Crippen LogP contribution in [0.3, 0.4) is 0 Å². The molecule has 1 rings (SSSR count). The molecule has 1 radical (unpaired) electrons. The van der Waals surface area contributed by atoms with Crippen molar-refractivity contribution in [3.8, 4) is 0 Å². The van der Waals surface area contributed by atoms with Crippen molar-refractivity contribution in [2.45, 2.75) is 0 Å². The van der Waals surface area contributed by atoms with Crippen molar-refractivity contribution in [1.29, 1.82) is 0 Å². The number of morpholine rings is 1. The molecule has 73 valence electrons. The highest BCUT2D eigenvalue weighted by Gasteiger charge is 2.24. The van der Waals surface area contributed by atoms with Crippen molar-refractivity contribution in [1.82, 2.24) is 10.0 Å². The number of rotatable bonds is 5. The van der Waals surface area contributed by atoms with Crippen molar-refractivity contribution in [2.75, 3.05) is 39.4 Å². The Kier molecular flexibility index (Phi) is 4.75. The van der Waals surface area contributed by atoms with Crippen LogP contribution in [0.25, 0.3) is 0 Å². The van der Waals surface area contributed by atoms with E-state index < -0.39 is 0 Å². The van der Waals surface area contributed by atoms with Gasteiger partial charge < -0.3 is 4.74 Å². The Morgan fingerprint density at radius 1 is 1.15 bits per heavy atom. The molecule has 0 bridgehead atoms. The van der Waals surface area contributed by atoms with E-state index in [1.54, 1.807) is 0 Å². The van der Waals surface area contributed by atoms with Gasteiger partial charge in [0.1, 0.15) is 0 Å². The van der Waals surface area contributed by atoms with Crippen molar-refractivity contribution < 1.29 is 4.74 Å². The number of hydrogen-bond donors (Lipinski definition) is 0. The molecule has 0 spiro atoms. The molecule has 3 heteroatoms. The normalized spacial score (nSPS) is 18.8. The summed E-state index contributed by atoms with van der Waals surface area (Å²) in [6, 6.07) is 0. The largest absolute Gasteiger partial charge is 0.378 e. The lowest BCUT2D eigenvalue weighted by Crippen LogP contribution is -2.52. The summed E-state index contributed by atoms with van der Waals surface area (Å²) in [5.41, 5.74) is 0.